The number of aliphatic carboxylic acids is 1. The minimum Gasteiger partial charge on any atom is -0.508 e. The predicted molar refractivity (Wildman–Crippen MR) is 284 cm³/mol. The van der Waals surface area contributed by atoms with Gasteiger partial charge in [0.2, 0.25) is 59.1 Å². The molecule has 0 unspecified atom stereocenters. The van der Waals surface area contributed by atoms with Crippen molar-refractivity contribution in [2.75, 3.05) is 13.1 Å². The average Bonchev–Trinajstić information content (AvgIpc) is 4.13. The first kappa shape index (κ1) is 66.0. The Kier molecular flexibility index (Phi) is 26.6. The van der Waals surface area contributed by atoms with Crippen molar-refractivity contribution in [3.8, 4) is 5.75 Å². The van der Waals surface area contributed by atoms with Crippen LogP contribution in [0.15, 0.2) is 54.3 Å². The van der Waals surface area contributed by atoms with Crippen molar-refractivity contribution in [1.29, 1.82) is 0 Å². The number of hydrogen-bond donors (Lipinski definition) is 19. The topological polar surface area (TPSA) is 551 Å². The lowest BCUT2D eigenvalue weighted by Gasteiger charge is -2.28. The Labute approximate surface area is 463 Å². The van der Waals surface area contributed by atoms with E-state index >= 15 is 0 Å². The SMILES string of the molecule is C[C@H](NC(=O)CNC(=O)[C@H](CCCN=C(N)N)NC(=O)[C@H](Cc1cnc[nH]1)NC(=O)[C@H](C)NC(=O)[C@@H](NC(=O)[C@H](Cc1ccc(O)cc1)NC(=O)[C@H](Cc1cnc[nH]1)NC(=O)[C@@H](N)CCC(N)=O)[C@@H](C)O)C(=O)N[C@H](C(=O)O)[C@@H](C)O. The summed E-state index contributed by atoms with van der Waals surface area (Å²) in [6.45, 7) is 3.98. The van der Waals surface area contributed by atoms with Gasteiger partial charge in [0.15, 0.2) is 12.0 Å². The van der Waals surface area contributed by atoms with Crippen molar-refractivity contribution in [2.24, 2.45) is 27.9 Å². The molecule has 1 aromatic carbocycles. The van der Waals surface area contributed by atoms with Crippen molar-refractivity contribution >= 4 is 71.0 Å². The number of primary amides is 1. The fraction of sp³-hybridized carbons (Fsp3) is 0.500. The number of aliphatic hydroxyl groups excluding tert-OH is 2. The number of carbonyl (C=O) groups excluding carboxylic acids is 10. The van der Waals surface area contributed by atoms with Crippen LogP contribution in [0.1, 0.15) is 70.3 Å². The number of nitrogens with two attached hydrogens (primary N) is 4. The van der Waals surface area contributed by atoms with E-state index in [4.69, 9.17) is 22.9 Å². The highest BCUT2D eigenvalue weighted by molar-refractivity contribution is 5.98. The number of aliphatic hydroxyl groups is 2. The number of aromatic hydroxyl groups is 1. The number of aliphatic imine (C=N–C) groups is 1. The Morgan fingerprint density at radius 1 is 0.580 bits per heavy atom. The normalized spacial score (nSPS) is 15.0. The number of benzene rings is 1. The van der Waals surface area contributed by atoms with Crippen LogP contribution in [-0.4, -0.2) is 191 Å². The molecule has 2 aromatic heterocycles. The number of carboxylic acid groups (broad SMARTS) is 1. The van der Waals surface area contributed by atoms with E-state index in [0.717, 1.165) is 13.8 Å². The van der Waals surface area contributed by atoms with Crippen LogP contribution in [0, 0.1) is 0 Å². The third-order valence-corrected chi connectivity index (χ3v) is 11.9. The van der Waals surface area contributed by atoms with E-state index in [-0.39, 0.29) is 63.2 Å². The monoisotopic (exact) mass is 1140 g/mol. The molecule has 33 heteroatoms. The molecular weight excluding hydrogens is 1070 g/mol. The lowest BCUT2D eigenvalue weighted by Crippen LogP contribution is -2.62. The quantitative estimate of drug-likeness (QED) is 0.0150. The number of hydrogen-bond acceptors (Lipinski definition) is 18. The summed E-state index contributed by atoms with van der Waals surface area (Å²) in [5.41, 5.74) is 23.1. The Balaban J connectivity index is 1.81. The number of nitrogens with zero attached hydrogens (tertiary/aromatic N) is 3. The standard InChI is InChI=1S/C48H72N18O15/c1-22(40(73)66-38(25(4)68)47(80)81)59-36(71)19-56-42(75)31(6-5-13-55-48(51)52)61-43(76)33(15-27-17-53-20-57-27)62-39(72)23(2)60-46(79)37(24(3)67)65-45(78)32(14-26-7-9-29(69)10-8-26)64-44(77)34(16-28-18-54-21-58-28)63-41(74)30(49)11-12-35(50)70/h7-10,17-18,20-25,30-34,37-38,67-69H,5-6,11-16,19,49H2,1-4H3,(H2,50,70)(H,53,57)(H,54,58)(H,56,75)(H,59,71)(H,60,79)(H,61,76)(H,62,72)(H,63,74)(H,64,77)(H,65,78)(H,66,73)(H,80,81)(H4,51,52,55)/t22-,23-,24+,25+,30-,31-,32-,33-,34-,37-,38-/m0/s1. The maximum Gasteiger partial charge on any atom is 0.328 e. The first-order chi connectivity index (χ1) is 38.1. The Hall–Kier alpha value is -9.24. The molecule has 0 aliphatic heterocycles. The Morgan fingerprint density at radius 3 is 1.57 bits per heavy atom. The minimum atomic E-state index is -1.81. The second kappa shape index (κ2) is 32.6. The van der Waals surface area contributed by atoms with Gasteiger partial charge in [0.25, 0.3) is 0 Å². The van der Waals surface area contributed by atoms with Crippen molar-refractivity contribution in [3.05, 3.63) is 66.3 Å². The van der Waals surface area contributed by atoms with E-state index in [9.17, 15) is 73.2 Å². The van der Waals surface area contributed by atoms with Gasteiger partial charge in [0.05, 0.1) is 37.4 Å². The zero-order valence-electron chi connectivity index (χ0n) is 44.8. The van der Waals surface area contributed by atoms with Gasteiger partial charge in [-0.1, -0.05) is 12.1 Å². The van der Waals surface area contributed by atoms with Crippen LogP contribution in [0.25, 0.3) is 0 Å². The third-order valence-electron chi connectivity index (χ3n) is 11.9. The molecule has 0 bridgehead atoms. The molecule has 3 aromatic rings. The number of carboxylic acids is 1. The summed E-state index contributed by atoms with van der Waals surface area (Å²) >= 11 is 0. The van der Waals surface area contributed by atoms with E-state index in [0.29, 0.717) is 17.0 Å². The van der Waals surface area contributed by atoms with Crippen LogP contribution in [0.3, 0.4) is 0 Å². The maximum atomic E-state index is 14.2. The number of H-pyrrole nitrogens is 2. The average molecular weight is 1140 g/mol. The number of amides is 10. The summed E-state index contributed by atoms with van der Waals surface area (Å²) in [6, 6.07) is -7.93. The molecule has 2 heterocycles. The molecule has 23 N–H and O–H groups in total. The number of rotatable bonds is 34. The number of phenols is 1. The van der Waals surface area contributed by atoms with Gasteiger partial charge in [-0.2, -0.15) is 0 Å². The van der Waals surface area contributed by atoms with Gasteiger partial charge in [0.1, 0.15) is 48.0 Å². The lowest BCUT2D eigenvalue weighted by molar-refractivity contribution is -0.145. The molecule has 33 nitrogen and oxygen atoms in total. The Bertz CT molecular complexity index is 2650. The molecule has 0 saturated carbocycles. The van der Waals surface area contributed by atoms with Gasteiger partial charge in [0, 0.05) is 56.0 Å². The van der Waals surface area contributed by atoms with Gasteiger partial charge in [-0.05, 0) is 64.7 Å². The molecule has 0 aliphatic rings. The zero-order valence-corrected chi connectivity index (χ0v) is 44.8. The van der Waals surface area contributed by atoms with Gasteiger partial charge < -0.3 is 101 Å². The van der Waals surface area contributed by atoms with Crippen LogP contribution in [0.5, 0.6) is 5.75 Å². The van der Waals surface area contributed by atoms with Crippen molar-refractivity contribution < 1.29 is 73.2 Å². The fourth-order valence-corrected chi connectivity index (χ4v) is 7.39. The Morgan fingerprint density at radius 2 is 1.06 bits per heavy atom. The number of imidazole rings is 2. The largest absolute Gasteiger partial charge is 0.508 e. The van der Waals surface area contributed by atoms with Crippen LogP contribution in [-0.2, 0) is 72.0 Å². The zero-order chi connectivity index (χ0) is 60.5. The molecule has 444 valence electrons. The summed E-state index contributed by atoms with van der Waals surface area (Å²) in [5, 5.41) is 61.3. The van der Waals surface area contributed by atoms with Gasteiger partial charge >= 0.3 is 5.97 Å². The molecule has 0 radical (unpaired) electrons. The highest BCUT2D eigenvalue weighted by Crippen LogP contribution is 2.13. The molecule has 11 atom stereocenters. The third kappa shape index (κ3) is 23.3. The number of phenolic OH excluding ortho intramolecular Hbond substituents is 1. The van der Waals surface area contributed by atoms with Crippen LogP contribution in [0.2, 0.25) is 0 Å². The highest BCUT2D eigenvalue weighted by atomic mass is 16.4. The molecular formula is C48H72N18O15. The molecule has 0 spiro atoms. The van der Waals surface area contributed by atoms with Crippen LogP contribution in [0.4, 0.5) is 0 Å². The molecule has 81 heavy (non-hydrogen) atoms. The van der Waals surface area contributed by atoms with Crippen molar-refractivity contribution in [1.82, 2.24) is 67.8 Å². The summed E-state index contributed by atoms with van der Waals surface area (Å²) in [6.07, 6.45) is 1.06. The predicted octanol–water partition coefficient (Wildman–Crippen LogP) is -7.61. The smallest absolute Gasteiger partial charge is 0.328 e. The van der Waals surface area contributed by atoms with E-state index in [1.807, 2.05) is 0 Å². The van der Waals surface area contributed by atoms with Crippen LogP contribution >= 0.6 is 0 Å². The van der Waals surface area contributed by atoms with Gasteiger partial charge in [-0.3, -0.25) is 52.9 Å². The molecule has 3 rings (SSSR count). The first-order valence-corrected chi connectivity index (χ1v) is 25.3. The number of aromatic amines is 2. The molecule has 0 saturated heterocycles. The van der Waals surface area contributed by atoms with Crippen LogP contribution < -0.4 is 70.8 Å². The summed E-state index contributed by atoms with van der Waals surface area (Å²) in [4.78, 5) is 162. The summed E-state index contributed by atoms with van der Waals surface area (Å²) < 4.78 is 0. The highest BCUT2D eigenvalue weighted by Gasteiger charge is 2.35. The molecule has 0 aliphatic carbocycles. The first-order valence-electron chi connectivity index (χ1n) is 25.3. The fourth-order valence-electron chi connectivity index (χ4n) is 7.39. The maximum absolute atomic E-state index is 14.2. The number of carbonyl (C=O) groups is 11. The van der Waals surface area contributed by atoms with Crippen molar-refractivity contribution in [2.45, 2.75) is 139 Å². The van der Waals surface area contributed by atoms with Gasteiger partial charge in [-0.15, -0.1) is 0 Å². The van der Waals surface area contributed by atoms with Crippen molar-refractivity contribution in [3.63, 3.8) is 0 Å². The molecule has 0 fully saturated rings. The van der Waals surface area contributed by atoms with E-state index in [2.05, 4.69) is 72.8 Å². The minimum absolute atomic E-state index is 0.00376. The second-order valence-electron chi connectivity index (χ2n) is 18.8. The molecule has 10 amide bonds. The summed E-state index contributed by atoms with van der Waals surface area (Å²) in [5.74, 6) is -11.2. The van der Waals surface area contributed by atoms with E-state index in [1.165, 1.54) is 63.2 Å². The lowest BCUT2D eigenvalue weighted by atomic mass is 10.0. The summed E-state index contributed by atoms with van der Waals surface area (Å²) in [7, 11) is 0. The number of aromatic nitrogens is 4. The number of guanidine groups is 1. The van der Waals surface area contributed by atoms with Gasteiger partial charge in [-0.25, -0.2) is 14.8 Å². The second-order valence-corrected chi connectivity index (χ2v) is 18.8. The van der Waals surface area contributed by atoms with E-state index < -0.39 is 138 Å². The van der Waals surface area contributed by atoms with E-state index in [1.54, 1.807) is 0 Å². The number of nitrogens with one attached hydrogen (secondary N) is 11.